The predicted octanol–water partition coefficient (Wildman–Crippen LogP) is 3.17. The Labute approximate surface area is 128 Å². The number of hydrogen-bond acceptors (Lipinski definition) is 3. The Hall–Kier alpha value is -2.53. The van der Waals surface area contributed by atoms with Gasteiger partial charge in [-0.2, -0.15) is 26.3 Å². The van der Waals surface area contributed by atoms with Crippen molar-refractivity contribution in [2.75, 3.05) is 5.32 Å². The summed E-state index contributed by atoms with van der Waals surface area (Å²) in [5.74, 6) is -9.03. The average Bonchev–Trinajstić information content (AvgIpc) is 2.39. The summed E-state index contributed by atoms with van der Waals surface area (Å²) in [6.45, 7) is 1.29. The molecule has 24 heavy (non-hydrogen) atoms. The highest BCUT2D eigenvalue weighted by Crippen LogP contribution is 2.24. The van der Waals surface area contributed by atoms with E-state index in [1.807, 2.05) is 0 Å². The van der Waals surface area contributed by atoms with Gasteiger partial charge in [0, 0.05) is 18.7 Å². The molecule has 0 radical (unpaired) electrons. The van der Waals surface area contributed by atoms with Crippen molar-refractivity contribution in [2.45, 2.75) is 19.3 Å². The van der Waals surface area contributed by atoms with Gasteiger partial charge >= 0.3 is 23.9 Å². The summed E-state index contributed by atoms with van der Waals surface area (Å²) in [6.07, 6.45) is -11.5. The molecule has 0 spiro atoms. The van der Waals surface area contributed by atoms with Gasteiger partial charge in [-0.1, -0.05) is 0 Å². The van der Waals surface area contributed by atoms with Gasteiger partial charge in [0.05, 0.1) is 0 Å². The Balaban J connectivity index is 0.000000441. The zero-order chi connectivity index (χ0) is 19.3. The van der Waals surface area contributed by atoms with E-state index in [0.717, 1.165) is 12.1 Å². The third-order valence-corrected chi connectivity index (χ3v) is 1.96. The lowest BCUT2D eigenvalue weighted by molar-refractivity contribution is -0.193. The maximum Gasteiger partial charge on any atom is 0.458 e. The molecule has 134 valence electrons. The summed E-state index contributed by atoms with van der Waals surface area (Å²) >= 11 is 0. The molecular formula is C12H7F8NO3. The van der Waals surface area contributed by atoms with Crippen LogP contribution in [0.4, 0.5) is 40.8 Å². The second kappa shape index (κ2) is 7.84. The molecule has 1 aromatic carbocycles. The van der Waals surface area contributed by atoms with E-state index in [2.05, 4.69) is 5.32 Å². The molecule has 0 aromatic heterocycles. The van der Waals surface area contributed by atoms with Gasteiger partial charge in [-0.25, -0.2) is 8.78 Å². The number of hydrogen-bond donors (Lipinski definition) is 1. The normalized spacial score (nSPS) is 11.2. The van der Waals surface area contributed by atoms with Crippen molar-refractivity contribution >= 4 is 23.2 Å². The number of nitrogens with one attached hydrogen (secondary N) is 1. The molecule has 0 heterocycles. The number of ketones is 2. The van der Waals surface area contributed by atoms with Crippen LogP contribution in [0.5, 0.6) is 0 Å². The summed E-state index contributed by atoms with van der Waals surface area (Å²) in [6, 6.07) is 3.18. The van der Waals surface area contributed by atoms with Crippen molar-refractivity contribution in [1.29, 1.82) is 0 Å². The molecule has 0 bridgehead atoms. The molecule has 1 N–H and O–H groups in total. The van der Waals surface area contributed by atoms with E-state index in [-0.39, 0.29) is 11.6 Å². The zero-order valence-corrected chi connectivity index (χ0v) is 11.5. The molecule has 0 aliphatic heterocycles. The first-order valence-electron chi connectivity index (χ1n) is 5.61. The number of rotatable bonds is 2. The van der Waals surface area contributed by atoms with E-state index in [1.54, 1.807) is 0 Å². The van der Waals surface area contributed by atoms with Gasteiger partial charge in [0.25, 0.3) is 0 Å². The Morgan fingerprint density at radius 1 is 0.833 bits per heavy atom. The number of benzene rings is 1. The topological polar surface area (TPSA) is 63.2 Å². The van der Waals surface area contributed by atoms with Gasteiger partial charge in [0.1, 0.15) is 0 Å². The number of alkyl halides is 6. The van der Waals surface area contributed by atoms with Crippen LogP contribution in [-0.2, 0) is 14.4 Å². The highest BCUT2D eigenvalue weighted by atomic mass is 19.4. The van der Waals surface area contributed by atoms with Crippen LogP contribution in [0.2, 0.25) is 0 Å². The highest BCUT2D eigenvalue weighted by molar-refractivity contribution is 6.41. The second-order valence-electron chi connectivity index (χ2n) is 3.96. The van der Waals surface area contributed by atoms with Gasteiger partial charge in [-0.05, 0) is 12.1 Å². The smallest absolute Gasteiger partial charge is 0.326 e. The fourth-order valence-corrected chi connectivity index (χ4v) is 1.03. The van der Waals surface area contributed by atoms with Crippen LogP contribution in [0, 0.1) is 11.6 Å². The van der Waals surface area contributed by atoms with Crippen LogP contribution >= 0.6 is 0 Å². The van der Waals surface area contributed by atoms with Crippen molar-refractivity contribution in [2.24, 2.45) is 0 Å². The summed E-state index contributed by atoms with van der Waals surface area (Å²) in [4.78, 5) is 29.7. The molecule has 0 unspecified atom stereocenters. The lowest BCUT2D eigenvalue weighted by Gasteiger charge is -2.05. The molecule has 4 nitrogen and oxygen atoms in total. The molecule has 0 atom stereocenters. The SMILES string of the molecule is CC(=O)Nc1ccc(F)c(F)c1.O=C(C(=O)C(F)(F)F)C(F)(F)F. The first-order valence-corrected chi connectivity index (χ1v) is 5.61. The monoisotopic (exact) mass is 365 g/mol. The van der Waals surface area contributed by atoms with Gasteiger partial charge in [0.15, 0.2) is 11.6 Å². The van der Waals surface area contributed by atoms with Crippen LogP contribution < -0.4 is 5.32 Å². The number of halogens is 8. The van der Waals surface area contributed by atoms with Crippen molar-refractivity contribution in [3.63, 3.8) is 0 Å². The minimum atomic E-state index is -5.77. The fraction of sp³-hybridized carbons (Fsp3) is 0.250. The Bertz CT molecular complexity index is 612. The molecule has 1 amide bonds. The number of carbonyl (C=O) groups is 3. The van der Waals surface area contributed by atoms with E-state index in [9.17, 15) is 49.5 Å². The molecular weight excluding hydrogens is 358 g/mol. The first kappa shape index (κ1) is 21.5. The molecule has 0 fully saturated rings. The van der Waals surface area contributed by atoms with Crippen molar-refractivity contribution in [3.8, 4) is 0 Å². The van der Waals surface area contributed by atoms with Gasteiger partial charge < -0.3 is 5.32 Å². The Morgan fingerprint density at radius 3 is 1.54 bits per heavy atom. The summed E-state index contributed by atoms with van der Waals surface area (Å²) in [5.41, 5.74) is 0.251. The Kier molecular flexibility index (Phi) is 7.01. The van der Waals surface area contributed by atoms with Crippen LogP contribution in [0.25, 0.3) is 0 Å². The number of anilines is 1. The number of Topliss-reactive ketones (excluding diaryl/α,β-unsaturated/α-hetero) is 2. The van der Waals surface area contributed by atoms with Crippen LogP contribution in [-0.4, -0.2) is 29.8 Å². The number of carbonyl (C=O) groups excluding carboxylic acids is 3. The van der Waals surface area contributed by atoms with Crippen LogP contribution in [0.3, 0.4) is 0 Å². The van der Waals surface area contributed by atoms with E-state index in [4.69, 9.17) is 0 Å². The molecule has 0 saturated heterocycles. The lowest BCUT2D eigenvalue weighted by Crippen LogP contribution is -2.39. The maximum atomic E-state index is 12.5. The third-order valence-electron chi connectivity index (χ3n) is 1.96. The molecule has 0 saturated carbocycles. The molecule has 1 rings (SSSR count). The summed E-state index contributed by atoms with van der Waals surface area (Å²) < 4.78 is 91.8. The van der Waals surface area contributed by atoms with Gasteiger partial charge in [-0.3, -0.25) is 14.4 Å². The van der Waals surface area contributed by atoms with Crippen molar-refractivity contribution in [3.05, 3.63) is 29.8 Å². The minimum Gasteiger partial charge on any atom is -0.326 e. The predicted molar refractivity (Wildman–Crippen MR) is 62.8 cm³/mol. The molecule has 12 heteroatoms. The van der Waals surface area contributed by atoms with E-state index >= 15 is 0 Å². The van der Waals surface area contributed by atoms with Crippen molar-refractivity contribution in [1.82, 2.24) is 0 Å². The van der Waals surface area contributed by atoms with Crippen LogP contribution in [0.15, 0.2) is 18.2 Å². The van der Waals surface area contributed by atoms with E-state index < -0.39 is 35.6 Å². The largest absolute Gasteiger partial charge is 0.458 e. The van der Waals surface area contributed by atoms with Crippen LogP contribution in [0.1, 0.15) is 6.92 Å². The Morgan fingerprint density at radius 2 is 1.25 bits per heavy atom. The van der Waals surface area contributed by atoms with Gasteiger partial charge in [0.2, 0.25) is 5.91 Å². The minimum absolute atomic E-state index is 0.251. The second-order valence-corrected chi connectivity index (χ2v) is 3.96. The zero-order valence-electron chi connectivity index (χ0n) is 11.5. The maximum absolute atomic E-state index is 12.5. The summed E-state index contributed by atoms with van der Waals surface area (Å²) in [5, 5.41) is 2.33. The third kappa shape index (κ3) is 7.15. The molecule has 0 aliphatic carbocycles. The highest BCUT2D eigenvalue weighted by Gasteiger charge is 2.54. The average molecular weight is 365 g/mol. The standard InChI is InChI=1S/C8H7F2NO.C4F6O2/c1-5(12)11-6-2-3-7(9)8(10)4-6;5-3(6,7)1(11)2(12)4(8,9)10/h2-4H,1H3,(H,11,12);. The molecule has 1 aromatic rings. The summed E-state index contributed by atoms with van der Waals surface area (Å²) in [7, 11) is 0. The number of amides is 1. The molecule has 0 aliphatic rings. The lowest BCUT2D eigenvalue weighted by atomic mass is 10.2. The van der Waals surface area contributed by atoms with E-state index in [1.165, 1.54) is 13.0 Å². The van der Waals surface area contributed by atoms with Gasteiger partial charge in [-0.15, -0.1) is 0 Å². The van der Waals surface area contributed by atoms with Crippen molar-refractivity contribution < 1.29 is 49.5 Å². The first-order chi connectivity index (χ1) is 10.7. The van der Waals surface area contributed by atoms with E-state index in [0.29, 0.717) is 0 Å². The fourth-order valence-electron chi connectivity index (χ4n) is 1.03. The quantitative estimate of drug-likeness (QED) is 0.647.